The molecule has 0 unspecified atom stereocenters. The van der Waals surface area contributed by atoms with Gasteiger partial charge in [-0.25, -0.2) is 0 Å². The number of rotatable bonds is 6. The van der Waals surface area contributed by atoms with Crippen LogP contribution in [0.25, 0.3) is 5.57 Å². The minimum atomic E-state index is 0.617. The molecule has 0 bridgehead atoms. The van der Waals surface area contributed by atoms with Crippen LogP contribution in [0.4, 0.5) is 0 Å². The van der Waals surface area contributed by atoms with Gasteiger partial charge in [-0.1, -0.05) is 52.5 Å². The van der Waals surface area contributed by atoms with Crippen molar-refractivity contribution in [2.24, 2.45) is 5.92 Å². The Kier molecular flexibility index (Phi) is 6.30. The molecule has 0 aromatic carbocycles. The molecule has 0 nitrogen and oxygen atoms in total. The van der Waals surface area contributed by atoms with E-state index in [1.807, 2.05) is 17.4 Å². The van der Waals surface area contributed by atoms with Crippen LogP contribution in [0.2, 0.25) is 0 Å². The SMILES string of the molecule is C=C/C(=C\C=C(/C)c1ccc(C(C)C)s1)CC(C)C. The van der Waals surface area contributed by atoms with Crippen LogP contribution in [-0.4, -0.2) is 0 Å². The quantitative estimate of drug-likeness (QED) is 0.524. The highest BCUT2D eigenvalue weighted by Gasteiger charge is 2.04. The average Bonchev–Trinajstić information content (AvgIpc) is 2.83. The first-order valence-electron chi connectivity index (χ1n) is 7.04. The predicted octanol–water partition coefficient (Wildman–Crippen LogP) is 6.43. The van der Waals surface area contributed by atoms with Crippen molar-refractivity contribution >= 4 is 16.9 Å². The van der Waals surface area contributed by atoms with Crippen molar-refractivity contribution in [1.82, 2.24) is 0 Å². The van der Waals surface area contributed by atoms with Crippen LogP contribution >= 0.6 is 11.3 Å². The fraction of sp³-hybridized carbons (Fsp3) is 0.444. The summed E-state index contributed by atoms with van der Waals surface area (Å²) in [6.07, 6.45) is 7.49. The Balaban J connectivity index is 2.85. The molecular formula is C18H26S. The molecule has 1 aromatic heterocycles. The standard InChI is InChI=1S/C18H26S/c1-7-16(12-13(2)3)9-8-15(6)18-11-10-17(19-18)14(4)5/h7-11,13-14H,1,12H2,2-6H3/b15-8+,16-9+. The minimum absolute atomic E-state index is 0.617. The van der Waals surface area contributed by atoms with E-state index in [0.29, 0.717) is 11.8 Å². The van der Waals surface area contributed by atoms with Gasteiger partial charge in [0.05, 0.1) is 0 Å². The van der Waals surface area contributed by atoms with Gasteiger partial charge in [0, 0.05) is 9.75 Å². The lowest BCUT2D eigenvalue weighted by atomic mass is 10.0. The first kappa shape index (κ1) is 16.0. The van der Waals surface area contributed by atoms with E-state index in [-0.39, 0.29) is 0 Å². The second kappa shape index (κ2) is 7.49. The zero-order chi connectivity index (χ0) is 14.4. The summed E-state index contributed by atoms with van der Waals surface area (Å²) in [5.74, 6) is 1.29. The molecule has 0 aliphatic heterocycles. The molecule has 0 saturated heterocycles. The van der Waals surface area contributed by atoms with E-state index in [1.54, 1.807) is 0 Å². The van der Waals surface area contributed by atoms with Crippen molar-refractivity contribution in [3.8, 4) is 0 Å². The van der Waals surface area contributed by atoms with Crippen LogP contribution in [0.15, 0.2) is 42.5 Å². The highest BCUT2D eigenvalue weighted by atomic mass is 32.1. The van der Waals surface area contributed by atoms with Crippen LogP contribution in [0.5, 0.6) is 0 Å². The number of hydrogen-bond donors (Lipinski definition) is 0. The molecule has 0 radical (unpaired) electrons. The third kappa shape index (κ3) is 5.20. The monoisotopic (exact) mass is 274 g/mol. The molecule has 0 atom stereocenters. The van der Waals surface area contributed by atoms with Gasteiger partial charge in [0.2, 0.25) is 0 Å². The summed E-state index contributed by atoms with van der Waals surface area (Å²) in [5.41, 5.74) is 2.65. The van der Waals surface area contributed by atoms with Gasteiger partial charge in [-0.3, -0.25) is 0 Å². The van der Waals surface area contributed by atoms with E-state index in [0.717, 1.165) is 6.42 Å². The van der Waals surface area contributed by atoms with Crippen LogP contribution < -0.4 is 0 Å². The zero-order valence-electron chi connectivity index (χ0n) is 12.9. The van der Waals surface area contributed by atoms with Crippen molar-refractivity contribution in [3.63, 3.8) is 0 Å². The third-order valence-corrected chi connectivity index (χ3v) is 4.56. The molecular weight excluding hydrogens is 248 g/mol. The van der Waals surface area contributed by atoms with Gasteiger partial charge in [0.25, 0.3) is 0 Å². The molecule has 104 valence electrons. The molecule has 1 rings (SSSR count). The summed E-state index contributed by atoms with van der Waals surface area (Å²) in [7, 11) is 0. The Bertz CT molecular complexity index is 470. The van der Waals surface area contributed by atoms with Crippen molar-refractivity contribution in [1.29, 1.82) is 0 Å². The molecule has 1 aromatic rings. The Morgan fingerprint density at radius 1 is 1.21 bits per heavy atom. The first-order chi connectivity index (χ1) is 8.93. The lowest BCUT2D eigenvalue weighted by molar-refractivity contribution is 0.650. The van der Waals surface area contributed by atoms with Crippen molar-refractivity contribution in [3.05, 3.63) is 52.3 Å². The van der Waals surface area contributed by atoms with Gasteiger partial charge in [-0.2, -0.15) is 0 Å². The summed E-state index contributed by atoms with van der Waals surface area (Å²) in [4.78, 5) is 2.82. The lowest BCUT2D eigenvalue weighted by Crippen LogP contribution is -1.88. The van der Waals surface area contributed by atoms with Gasteiger partial charge < -0.3 is 0 Å². The molecule has 0 N–H and O–H groups in total. The average molecular weight is 274 g/mol. The predicted molar refractivity (Wildman–Crippen MR) is 89.8 cm³/mol. The number of hydrogen-bond acceptors (Lipinski definition) is 1. The van der Waals surface area contributed by atoms with Crippen LogP contribution in [0.3, 0.4) is 0 Å². The highest BCUT2D eigenvalue weighted by molar-refractivity contribution is 7.13. The second-order valence-corrected chi connectivity index (χ2v) is 6.87. The molecule has 0 aliphatic rings. The highest BCUT2D eigenvalue weighted by Crippen LogP contribution is 2.29. The fourth-order valence-corrected chi connectivity index (χ4v) is 2.87. The molecule has 0 aliphatic carbocycles. The minimum Gasteiger partial charge on any atom is -0.140 e. The maximum Gasteiger partial charge on any atom is 0.0302 e. The second-order valence-electron chi connectivity index (χ2n) is 5.75. The molecule has 0 fully saturated rings. The Hall–Kier alpha value is -1.08. The maximum atomic E-state index is 3.90. The van der Waals surface area contributed by atoms with E-state index in [9.17, 15) is 0 Å². The number of thiophene rings is 1. The van der Waals surface area contributed by atoms with E-state index in [2.05, 4.69) is 65.5 Å². The summed E-state index contributed by atoms with van der Waals surface area (Å²) >= 11 is 1.90. The Morgan fingerprint density at radius 2 is 1.89 bits per heavy atom. The lowest BCUT2D eigenvalue weighted by Gasteiger charge is -2.04. The third-order valence-electron chi connectivity index (χ3n) is 3.04. The largest absolute Gasteiger partial charge is 0.140 e. The van der Waals surface area contributed by atoms with Crippen LogP contribution in [0.1, 0.15) is 56.7 Å². The molecule has 1 heterocycles. The summed E-state index contributed by atoms with van der Waals surface area (Å²) in [6.45, 7) is 15.0. The maximum absolute atomic E-state index is 3.90. The van der Waals surface area contributed by atoms with E-state index in [1.165, 1.54) is 20.9 Å². The van der Waals surface area contributed by atoms with Gasteiger partial charge >= 0.3 is 0 Å². The van der Waals surface area contributed by atoms with E-state index < -0.39 is 0 Å². The molecule has 0 spiro atoms. The van der Waals surface area contributed by atoms with E-state index in [4.69, 9.17) is 0 Å². The topological polar surface area (TPSA) is 0 Å². The zero-order valence-corrected chi connectivity index (χ0v) is 13.7. The van der Waals surface area contributed by atoms with Crippen LogP contribution in [-0.2, 0) is 0 Å². The molecule has 0 saturated carbocycles. The smallest absolute Gasteiger partial charge is 0.0302 e. The normalized spacial score (nSPS) is 13.4. The van der Waals surface area contributed by atoms with Crippen molar-refractivity contribution in [2.75, 3.05) is 0 Å². The number of allylic oxidation sites excluding steroid dienone is 5. The van der Waals surface area contributed by atoms with Crippen molar-refractivity contribution < 1.29 is 0 Å². The van der Waals surface area contributed by atoms with Crippen molar-refractivity contribution in [2.45, 2.75) is 47.0 Å². The summed E-state index contributed by atoms with van der Waals surface area (Å²) in [6, 6.07) is 4.48. The van der Waals surface area contributed by atoms with Gasteiger partial charge in [-0.05, 0) is 48.5 Å². The Morgan fingerprint density at radius 3 is 2.37 bits per heavy atom. The molecule has 19 heavy (non-hydrogen) atoms. The van der Waals surface area contributed by atoms with Gasteiger partial charge in [0.1, 0.15) is 0 Å². The Labute approximate surface area is 122 Å². The molecule has 0 amide bonds. The van der Waals surface area contributed by atoms with Crippen LogP contribution in [0, 0.1) is 5.92 Å². The summed E-state index contributed by atoms with van der Waals surface area (Å²) < 4.78 is 0. The summed E-state index contributed by atoms with van der Waals surface area (Å²) in [5, 5.41) is 0. The van der Waals surface area contributed by atoms with Gasteiger partial charge in [-0.15, -0.1) is 11.3 Å². The fourth-order valence-electron chi connectivity index (χ4n) is 1.88. The first-order valence-corrected chi connectivity index (χ1v) is 7.85. The van der Waals surface area contributed by atoms with E-state index >= 15 is 0 Å². The van der Waals surface area contributed by atoms with Gasteiger partial charge in [0.15, 0.2) is 0 Å². The molecule has 1 heteroatoms.